The molecule has 17 heavy (non-hydrogen) atoms. The number of ether oxygens (including phenoxy) is 2. The Labute approximate surface area is 101 Å². The molecule has 0 fully saturated rings. The number of halogens is 1. The highest BCUT2D eigenvalue weighted by Gasteiger charge is 2.25. The van der Waals surface area contributed by atoms with Crippen LogP contribution in [0.5, 0.6) is 11.5 Å². The molecule has 0 amide bonds. The van der Waals surface area contributed by atoms with Crippen LogP contribution in [-0.4, -0.2) is 13.2 Å². The summed E-state index contributed by atoms with van der Waals surface area (Å²) in [6, 6.07) is 3.49. The Kier molecular flexibility index (Phi) is 3.00. The lowest BCUT2D eigenvalue weighted by Crippen LogP contribution is -2.30. The molecule has 4 heteroatoms. The van der Waals surface area contributed by atoms with Gasteiger partial charge in [0.2, 0.25) is 0 Å². The van der Waals surface area contributed by atoms with Crippen LogP contribution in [0, 0.1) is 0 Å². The summed E-state index contributed by atoms with van der Waals surface area (Å²) >= 11 is 0. The molecule has 94 valence electrons. The number of alkyl halides is 1. The van der Waals surface area contributed by atoms with Crippen molar-refractivity contribution >= 4 is 0 Å². The first-order valence-corrected chi connectivity index (χ1v) is 5.76. The molecular weight excluding hydrogens is 221 g/mol. The number of benzene rings is 1. The third-order valence-corrected chi connectivity index (χ3v) is 2.84. The monoisotopic (exact) mass is 239 g/mol. The molecule has 1 aliphatic heterocycles. The number of nitrogens with two attached hydrogens (primary N) is 1. The minimum Gasteiger partial charge on any atom is -0.486 e. The predicted molar refractivity (Wildman–Crippen MR) is 64.2 cm³/mol. The quantitative estimate of drug-likeness (QED) is 0.863. The molecular formula is C13H18FNO2. The highest BCUT2D eigenvalue weighted by atomic mass is 19.1. The summed E-state index contributed by atoms with van der Waals surface area (Å²) in [6.07, 6.45) is -1.08. The van der Waals surface area contributed by atoms with E-state index in [2.05, 4.69) is 0 Å². The lowest BCUT2D eigenvalue weighted by molar-refractivity contribution is 0.170. The molecule has 1 atom stereocenters. The summed E-state index contributed by atoms with van der Waals surface area (Å²) in [6.45, 7) is 6.22. The van der Waals surface area contributed by atoms with Crippen molar-refractivity contribution in [2.24, 2.45) is 5.73 Å². The van der Waals surface area contributed by atoms with Crippen molar-refractivity contribution in [3.05, 3.63) is 23.3 Å². The zero-order valence-electron chi connectivity index (χ0n) is 10.4. The number of hydrogen-bond acceptors (Lipinski definition) is 3. The van der Waals surface area contributed by atoms with Crippen LogP contribution in [0.3, 0.4) is 0 Å². The Bertz CT molecular complexity index is 424. The first kappa shape index (κ1) is 12.2. The van der Waals surface area contributed by atoms with Crippen molar-refractivity contribution in [1.82, 2.24) is 0 Å². The first-order chi connectivity index (χ1) is 7.89. The molecule has 3 nitrogen and oxygen atoms in total. The van der Waals surface area contributed by atoms with Gasteiger partial charge in [-0.1, -0.05) is 0 Å². The van der Waals surface area contributed by atoms with Crippen LogP contribution in [0.2, 0.25) is 0 Å². The topological polar surface area (TPSA) is 44.5 Å². The summed E-state index contributed by atoms with van der Waals surface area (Å²) in [4.78, 5) is 0. The van der Waals surface area contributed by atoms with E-state index in [-0.39, 0.29) is 0 Å². The third-order valence-electron chi connectivity index (χ3n) is 2.84. The van der Waals surface area contributed by atoms with E-state index in [9.17, 15) is 4.39 Å². The van der Waals surface area contributed by atoms with E-state index in [0.717, 1.165) is 5.56 Å². The largest absolute Gasteiger partial charge is 0.486 e. The highest BCUT2D eigenvalue weighted by molar-refractivity contribution is 5.50. The van der Waals surface area contributed by atoms with Gasteiger partial charge >= 0.3 is 0 Å². The molecule has 0 radical (unpaired) electrons. The van der Waals surface area contributed by atoms with Crippen LogP contribution < -0.4 is 15.2 Å². The lowest BCUT2D eigenvalue weighted by Gasteiger charge is -2.27. The van der Waals surface area contributed by atoms with E-state index >= 15 is 0 Å². The van der Waals surface area contributed by atoms with Crippen LogP contribution >= 0.6 is 0 Å². The second kappa shape index (κ2) is 4.18. The molecule has 1 heterocycles. The molecule has 1 unspecified atom stereocenters. The SMILES string of the molecule is CC(F)c1cc2c(cc1C(C)(C)N)OCCO2. The lowest BCUT2D eigenvalue weighted by atomic mass is 9.88. The average Bonchev–Trinajstić information content (AvgIpc) is 2.26. The molecule has 0 aromatic heterocycles. The van der Waals surface area contributed by atoms with Gasteiger partial charge in [-0.2, -0.15) is 0 Å². The minimum absolute atomic E-state index is 0.498. The van der Waals surface area contributed by atoms with Gasteiger partial charge in [0.25, 0.3) is 0 Å². The maximum Gasteiger partial charge on any atom is 0.161 e. The van der Waals surface area contributed by atoms with Crippen molar-refractivity contribution in [2.45, 2.75) is 32.5 Å². The van der Waals surface area contributed by atoms with Gasteiger partial charge < -0.3 is 15.2 Å². The Morgan fingerprint density at radius 1 is 1.24 bits per heavy atom. The van der Waals surface area contributed by atoms with Crippen LogP contribution in [0.4, 0.5) is 4.39 Å². The maximum atomic E-state index is 13.6. The minimum atomic E-state index is -1.08. The second-order valence-corrected chi connectivity index (χ2v) is 4.92. The zero-order chi connectivity index (χ0) is 12.6. The number of rotatable bonds is 2. The summed E-state index contributed by atoms with van der Waals surface area (Å²) in [5, 5.41) is 0. The van der Waals surface area contributed by atoms with Gasteiger partial charge in [-0.25, -0.2) is 4.39 Å². The van der Waals surface area contributed by atoms with Crippen molar-refractivity contribution in [1.29, 1.82) is 0 Å². The predicted octanol–water partition coefficient (Wildman–Crippen LogP) is 2.68. The zero-order valence-corrected chi connectivity index (χ0v) is 10.4. The van der Waals surface area contributed by atoms with E-state index in [4.69, 9.17) is 15.2 Å². The average molecular weight is 239 g/mol. The molecule has 2 N–H and O–H groups in total. The Hall–Kier alpha value is -1.29. The fraction of sp³-hybridized carbons (Fsp3) is 0.538. The van der Waals surface area contributed by atoms with Gasteiger partial charge in [0.1, 0.15) is 19.4 Å². The summed E-state index contributed by atoms with van der Waals surface area (Å²) in [5.74, 6) is 1.25. The van der Waals surface area contributed by atoms with Crippen molar-refractivity contribution < 1.29 is 13.9 Å². The van der Waals surface area contributed by atoms with Crippen molar-refractivity contribution in [3.8, 4) is 11.5 Å². The van der Waals surface area contributed by atoms with E-state index in [1.54, 1.807) is 12.1 Å². The van der Waals surface area contributed by atoms with Crippen molar-refractivity contribution in [3.63, 3.8) is 0 Å². The molecule has 2 rings (SSSR count). The van der Waals surface area contributed by atoms with Gasteiger partial charge in [0.05, 0.1) is 0 Å². The summed E-state index contributed by atoms with van der Waals surface area (Å²) in [5.41, 5.74) is 6.79. The number of fused-ring (bicyclic) bond motifs is 1. The summed E-state index contributed by atoms with van der Waals surface area (Å²) < 4.78 is 24.6. The van der Waals surface area contributed by atoms with Crippen LogP contribution in [-0.2, 0) is 5.54 Å². The Morgan fingerprint density at radius 3 is 2.24 bits per heavy atom. The molecule has 0 saturated carbocycles. The fourth-order valence-corrected chi connectivity index (χ4v) is 1.99. The highest BCUT2D eigenvalue weighted by Crippen LogP contribution is 2.39. The van der Waals surface area contributed by atoms with E-state index in [0.29, 0.717) is 30.3 Å². The smallest absolute Gasteiger partial charge is 0.161 e. The molecule has 0 spiro atoms. The van der Waals surface area contributed by atoms with E-state index in [1.165, 1.54) is 6.92 Å². The second-order valence-electron chi connectivity index (χ2n) is 4.92. The van der Waals surface area contributed by atoms with Gasteiger partial charge in [0, 0.05) is 5.54 Å². The van der Waals surface area contributed by atoms with Crippen LogP contribution in [0.15, 0.2) is 12.1 Å². The molecule has 1 aliphatic rings. The van der Waals surface area contributed by atoms with Gasteiger partial charge in [0.15, 0.2) is 11.5 Å². The van der Waals surface area contributed by atoms with E-state index in [1.807, 2.05) is 13.8 Å². The molecule has 0 bridgehead atoms. The molecule has 0 saturated heterocycles. The fourth-order valence-electron chi connectivity index (χ4n) is 1.99. The van der Waals surface area contributed by atoms with Gasteiger partial charge in [-0.05, 0) is 44.0 Å². The Morgan fingerprint density at radius 2 is 1.76 bits per heavy atom. The van der Waals surface area contributed by atoms with Gasteiger partial charge in [-0.15, -0.1) is 0 Å². The van der Waals surface area contributed by atoms with E-state index < -0.39 is 11.7 Å². The molecule has 1 aromatic rings. The standard InChI is InChI=1S/C13H18FNO2/c1-8(14)9-6-11-12(17-5-4-16-11)7-10(9)13(2,3)15/h6-8H,4-5,15H2,1-3H3. The normalized spacial score (nSPS) is 16.8. The van der Waals surface area contributed by atoms with Crippen LogP contribution in [0.25, 0.3) is 0 Å². The third kappa shape index (κ3) is 2.36. The van der Waals surface area contributed by atoms with Gasteiger partial charge in [-0.3, -0.25) is 0 Å². The summed E-state index contributed by atoms with van der Waals surface area (Å²) in [7, 11) is 0. The molecule has 0 aliphatic carbocycles. The Balaban J connectivity index is 2.56. The number of hydrogen-bond donors (Lipinski definition) is 1. The maximum absolute atomic E-state index is 13.6. The van der Waals surface area contributed by atoms with Crippen molar-refractivity contribution in [2.75, 3.05) is 13.2 Å². The van der Waals surface area contributed by atoms with Crippen LogP contribution in [0.1, 0.15) is 38.1 Å². The molecule has 1 aromatic carbocycles. The first-order valence-electron chi connectivity index (χ1n) is 5.76.